The van der Waals surface area contributed by atoms with Gasteiger partial charge in [0.15, 0.2) is 5.17 Å². The van der Waals surface area contributed by atoms with Gasteiger partial charge >= 0.3 is 0 Å². The molecule has 3 nitrogen and oxygen atoms in total. The van der Waals surface area contributed by atoms with Crippen LogP contribution in [0.5, 0.6) is 0 Å². The smallest absolute Gasteiger partial charge is 0.161 e. The van der Waals surface area contributed by atoms with Gasteiger partial charge < -0.3 is 5.32 Å². The molecule has 0 bridgehead atoms. The Morgan fingerprint density at radius 2 is 2.25 bits per heavy atom. The molecule has 0 amide bonds. The van der Waals surface area contributed by atoms with Gasteiger partial charge in [-0.05, 0) is 24.1 Å². The molecule has 1 aliphatic heterocycles. The molecule has 0 fully saturated rings. The predicted molar refractivity (Wildman–Crippen MR) is 87.5 cm³/mol. The van der Waals surface area contributed by atoms with Crippen LogP contribution in [0.15, 0.2) is 23.2 Å². The molecular weight excluding hydrogens is 290 g/mol. The summed E-state index contributed by atoms with van der Waals surface area (Å²) >= 11 is 7.93. The normalized spacial score (nSPS) is 17.9. The van der Waals surface area contributed by atoms with Crippen molar-refractivity contribution in [2.24, 2.45) is 10.9 Å². The summed E-state index contributed by atoms with van der Waals surface area (Å²) < 4.78 is 0. The molecule has 1 aromatic carbocycles. The van der Waals surface area contributed by atoms with Crippen LogP contribution in [-0.2, 0) is 0 Å². The van der Waals surface area contributed by atoms with E-state index in [0.29, 0.717) is 21.8 Å². The Hall–Kier alpha value is -1.18. The lowest BCUT2D eigenvalue weighted by Crippen LogP contribution is -2.17. The summed E-state index contributed by atoms with van der Waals surface area (Å²) in [5, 5.41) is 14.2. The van der Waals surface area contributed by atoms with E-state index in [1.165, 1.54) is 12.8 Å². The Morgan fingerprint density at radius 1 is 1.50 bits per heavy atom. The maximum absolute atomic E-state index is 8.94. The topological polar surface area (TPSA) is 48.2 Å². The van der Waals surface area contributed by atoms with E-state index in [1.54, 1.807) is 30.0 Å². The highest BCUT2D eigenvalue weighted by molar-refractivity contribution is 8.15. The van der Waals surface area contributed by atoms with Gasteiger partial charge in [0.25, 0.3) is 0 Å². The number of nitriles is 1. The average Bonchev–Trinajstić information content (AvgIpc) is 2.91. The van der Waals surface area contributed by atoms with Crippen molar-refractivity contribution in [2.75, 3.05) is 11.9 Å². The highest BCUT2D eigenvalue weighted by atomic mass is 35.5. The predicted octanol–water partition coefficient (Wildman–Crippen LogP) is 4.53. The molecule has 1 aromatic rings. The largest absolute Gasteiger partial charge is 0.334 e. The van der Waals surface area contributed by atoms with Gasteiger partial charge in [0.05, 0.1) is 28.9 Å². The Bertz CT molecular complexity index is 547. The Kier molecular flexibility index (Phi) is 5.33. The summed E-state index contributed by atoms with van der Waals surface area (Å²) in [7, 11) is 0. The van der Waals surface area contributed by atoms with Crippen molar-refractivity contribution in [1.29, 1.82) is 5.26 Å². The first-order chi connectivity index (χ1) is 9.67. The summed E-state index contributed by atoms with van der Waals surface area (Å²) in [4.78, 5) is 4.55. The van der Waals surface area contributed by atoms with E-state index in [4.69, 9.17) is 16.9 Å². The molecule has 0 aromatic heterocycles. The van der Waals surface area contributed by atoms with Crippen LogP contribution in [0.25, 0.3) is 0 Å². The first-order valence-corrected chi connectivity index (χ1v) is 8.11. The second-order valence-corrected chi connectivity index (χ2v) is 6.45. The Labute approximate surface area is 129 Å². The molecule has 1 atom stereocenters. The zero-order valence-electron chi connectivity index (χ0n) is 11.7. The first kappa shape index (κ1) is 15.2. The molecule has 0 radical (unpaired) electrons. The number of hydrogen-bond acceptors (Lipinski definition) is 4. The maximum Gasteiger partial charge on any atom is 0.161 e. The molecule has 106 valence electrons. The number of rotatable bonds is 4. The first-order valence-electron chi connectivity index (χ1n) is 6.85. The van der Waals surface area contributed by atoms with Gasteiger partial charge in [0, 0.05) is 5.25 Å². The van der Waals surface area contributed by atoms with Crippen molar-refractivity contribution in [1.82, 2.24) is 0 Å². The van der Waals surface area contributed by atoms with Crippen molar-refractivity contribution in [3.05, 3.63) is 28.8 Å². The van der Waals surface area contributed by atoms with Crippen LogP contribution < -0.4 is 5.32 Å². The number of anilines is 1. The minimum absolute atomic E-state index is 0.547. The number of amidine groups is 1. The van der Waals surface area contributed by atoms with Gasteiger partial charge in [0.1, 0.15) is 0 Å². The maximum atomic E-state index is 8.94. The summed E-state index contributed by atoms with van der Waals surface area (Å²) in [5.74, 6) is 0.698. The zero-order chi connectivity index (χ0) is 14.5. The second-order valence-electron chi connectivity index (χ2n) is 4.81. The summed E-state index contributed by atoms with van der Waals surface area (Å²) in [6.45, 7) is 5.32. The molecular formula is C15H18ClN3S. The molecule has 1 N–H and O–H groups in total. The van der Waals surface area contributed by atoms with E-state index in [1.807, 2.05) is 0 Å². The van der Waals surface area contributed by atoms with Gasteiger partial charge in [-0.2, -0.15) is 5.26 Å². The molecule has 0 aliphatic carbocycles. The average molecular weight is 308 g/mol. The van der Waals surface area contributed by atoms with E-state index < -0.39 is 0 Å². The molecule has 2 rings (SSSR count). The number of nitrogens with zero attached hydrogens (tertiary/aromatic N) is 2. The van der Waals surface area contributed by atoms with Crippen molar-refractivity contribution in [3.8, 4) is 6.07 Å². The number of aliphatic imine (C=N–C) groups is 1. The van der Waals surface area contributed by atoms with Crippen LogP contribution in [0.2, 0.25) is 5.02 Å². The molecule has 0 saturated carbocycles. The fraction of sp³-hybridized carbons (Fsp3) is 0.467. The van der Waals surface area contributed by atoms with E-state index in [2.05, 4.69) is 30.2 Å². The molecule has 1 unspecified atom stereocenters. The van der Waals surface area contributed by atoms with Crippen LogP contribution in [0, 0.1) is 17.2 Å². The molecule has 1 heterocycles. The van der Waals surface area contributed by atoms with Crippen molar-refractivity contribution in [3.63, 3.8) is 0 Å². The summed E-state index contributed by atoms with van der Waals surface area (Å²) in [6.07, 6.45) is 2.36. The van der Waals surface area contributed by atoms with Gasteiger partial charge in [0.2, 0.25) is 0 Å². The number of halogens is 1. The zero-order valence-corrected chi connectivity index (χ0v) is 13.3. The molecule has 1 aliphatic rings. The second kappa shape index (κ2) is 7.01. The minimum Gasteiger partial charge on any atom is -0.334 e. The van der Waals surface area contributed by atoms with Gasteiger partial charge in [-0.3, -0.25) is 4.99 Å². The van der Waals surface area contributed by atoms with Crippen LogP contribution >= 0.6 is 23.4 Å². The van der Waals surface area contributed by atoms with Crippen LogP contribution in [0.3, 0.4) is 0 Å². The van der Waals surface area contributed by atoms with Crippen molar-refractivity contribution >= 4 is 34.2 Å². The van der Waals surface area contributed by atoms with Gasteiger partial charge in [-0.25, -0.2) is 0 Å². The minimum atomic E-state index is 0.547. The quantitative estimate of drug-likeness (QED) is 0.889. The summed E-state index contributed by atoms with van der Waals surface area (Å²) in [5.41, 5.74) is 1.35. The van der Waals surface area contributed by atoms with E-state index in [9.17, 15) is 0 Å². The van der Waals surface area contributed by atoms with Gasteiger partial charge in [-0.15, -0.1) is 0 Å². The van der Waals surface area contributed by atoms with E-state index in [0.717, 1.165) is 17.4 Å². The highest BCUT2D eigenvalue weighted by Gasteiger charge is 2.26. The van der Waals surface area contributed by atoms with E-state index in [-0.39, 0.29) is 0 Å². The molecule has 0 spiro atoms. The van der Waals surface area contributed by atoms with Crippen LogP contribution in [0.1, 0.15) is 32.3 Å². The lowest BCUT2D eigenvalue weighted by Gasteiger charge is -2.18. The third kappa shape index (κ3) is 3.47. The SMILES string of the molecule is CCC(CC)C1CN=C(Nc2cc(C#N)ccc2Cl)S1. The fourth-order valence-electron chi connectivity index (χ4n) is 2.33. The number of hydrogen-bond donors (Lipinski definition) is 1. The highest BCUT2D eigenvalue weighted by Crippen LogP contribution is 2.33. The van der Waals surface area contributed by atoms with Crippen molar-refractivity contribution < 1.29 is 0 Å². The third-order valence-electron chi connectivity index (χ3n) is 3.59. The number of nitrogens with one attached hydrogen (secondary N) is 1. The molecule has 20 heavy (non-hydrogen) atoms. The van der Waals surface area contributed by atoms with Crippen molar-refractivity contribution in [2.45, 2.75) is 31.9 Å². The van der Waals surface area contributed by atoms with Crippen LogP contribution in [0.4, 0.5) is 5.69 Å². The number of thioether (sulfide) groups is 1. The standard InChI is InChI=1S/C15H18ClN3S/c1-3-11(4-2)14-9-18-15(20-14)19-13-7-10(8-17)5-6-12(13)16/h5-7,11,14H,3-4,9H2,1-2H3,(H,18,19). The Balaban J connectivity index is 2.04. The van der Waals surface area contributed by atoms with E-state index >= 15 is 0 Å². The summed E-state index contributed by atoms with van der Waals surface area (Å²) in [6, 6.07) is 7.33. The molecule has 0 saturated heterocycles. The lowest BCUT2D eigenvalue weighted by atomic mass is 9.99. The third-order valence-corrected chi connectivity index (χ3v) is 5.21. The fourth-order valence-corrected chi connectivity index (χ4v) is 3.82. The Morgan fingerprint density at radius 3 is 2.90 bits per heavy atom. The van der Waals surface area contributed by atoms with Gasteiger partial charge in [-0.1, -0.05) is 50.1 Å². The van der Waals surface area contributed by atoms with Crippen LogP contribution in [-0.4, -0.2) is 17.0 Å². The lowest BCUT2D eigenvalue weighted by molar-refractivity contribution is 0.479. The molecule has 5 heteroatoms. The number of benzene rings is 1. The monoisotopic (exact) mass is 307 g/mol.